The third-order valence-corrected chi connectivity index (χ3v) is 6.88. The van der Waals surface area contributed by atoms with Crippen molar-refractivity contribution < 1.29 is 4.39 Å². The van der Waals surface area contributed by atoms with Crippen LogP contribution in [0.3, 0.4) is 0 Å². The molecule has 0 amide bonds. The second-order valence-corrected chi connectivity index (χ2v) is 9.10. The van der Waals surface area contributed by atoms with Crippen LogP contribution in [0.5, 0.6) is 0 Å². The van der Waals surface area contributed by atoms with E-state index in [2.05, 4.69) is 95.2 Å². The van der Waals surface area contributed by atoms with Gasteiger partial charge in [0.05, 0.1) is 17.6 Å². The Balaban J connectivity index is 1.48. The molecule has 4 aromatic rings. The smallest absolute Gasteiger partial charge is 0.123 e. The van der Waals surface area contributed by atoms with E-state index < -0.39 is 0 Å². The first-order valence-corrected chi connectivity index (χ1v) is 12.0. The number of halogens is 1. The Morgan fingerprint density at radius 3 is 2.50 bits per heavy atom. The third-order valence-electron chi connectivity index (χ3n) is 6.88. The van der Waals surface area contributed by atoms with E-state index in [1.165, 1.54) is 16.7 Å². The first kappa shape index (κ1) is 22.1. The Morgan fingerprint density at radius 1 is 0.971 bits per heavy atom. The van der Waals surface area contributed by atoms with E-state index in [0.29, 0.717) is 0 Å². The summed E-state index contributed by atoms with van der Waals surface area (Å²) in [6, 6.07) is 24.3. The second kappa shape index (κ2) is 9.30. The average molecular weight is 452 g/mol. The van der Waals surface area contributed by atoms with Gasteiger partial charge < -0.3 is 9.47 Å². The molecule has 0 saturated carbocycles. The first-order chi connectivity index (χ1) is 16.6. The lowest BCUT2D eigenvalue weighted by Gasteiger charge is -2.48. The number of aryl methyl sites for hydroxylation is 1. The van der Waals surface area contributed by atoms with Gasteiger partial charge in [0.2, 0.25) is 0 Å². The summed E-state index contributed by atoms with van der Waals surface area (Å²) in [5.74, 6) is -0.210. The van der Waals surface area contributed by atoms with Crippen LogP contribution in [0.4, 0.5) is 10.1 Å². The summed E-state index contributed by atoms with van der Waals surface area (Å²) in [6.45, 7) is 6.31. The number of anilines is 1. The molecule has 0 aliphatic carbocycles. The van der Waals surface area contributed by atoms with Crippen molar-refractivity contribution in [3.8, 4) is 0 Å². The Labute approximate surface area is 201 Å². The number of rotatable bonds is 6. The number of nitrogens with zero attached hydrogens (tertiary/aromatic N) is 3. The standard InChI is InChI=1S/C30H30FN3/c1-3-19-33-21-27(32-22-33)15-10-23-8-11-25(12-9-23)30(2)29-7-5-4-6-24(29)18-20-34(30)28-16-13-26(31)14-17-28/h4-17,21-22H,3,18-20H2,1-2H3/b15-10+. The molecule has 3 aromatic carbocycles. The molecule has 1 atom stereocenters. The highest BCUT2D eigenvalue weighted by Crippen LogP contribution is 2.43. The maximum atomic E-state index is 13.7. The van der Waals surface area contributed by atoms with Crippen LogP contribution in [0.1, 0.15) is 48.2 Å². The molecule has 34 heavy (non-hydrogen) atoms. The van der Waals surface area contributed by atoms with Crippen molar-refractivity contribution in [1.29, 1.82) is 0 Å². The molecule has 0 radical (unpaired) electrons. The van der Waals surface area contributed by atoms with E-state index in [4.69, 9.17) is 0 Å². The lowest BCUT2D eigenvalue weighted by molar-refractivity contribution is 0.489. The highest BCUT2D eigenvalue weighted by molar-refractivity contribution is 5.68. The number of aromatic nitrogens is 2. The van der Waals surface area contributed by atoms with E-state index in [9.17, 15) is 4.39 Å². The van der Waals surface area contributed by atoms with Crippen molar-refractivity contribution in [1.82, 2.24) is 9.55 Å². The molecule has 3 nitrogen and oxygen atoms in total. The minimum Gasteiger partial charge on any atom is -0.358 e. The van der Waals surface area contributed by atoms with Crippen molar-refractivity contribution >= 4 is 17.8 Å². The topological polar surface area (TPSA) is 21.1 Å². The summed E-state index contributed by atoms with van der Waals surface area (Å²) >= 11 is 0. The van der Waals surface area contributed by atoms with Crippen LogP contribution in [0.15, 0.2) is 85.3 Å². The average Bonchev–Trinajstić information content (AvgIpc) is 3.32. The van der Waals surface area contributed by atoms with Gasteiger partial charge in [0, 0.05) is 25.0 Å². The molecule has 0 N–H and O–H groups in total. The van der Waals surface area contributed by atoms with Gasteiger partial charge in [0.1, 0.15) is 5.82 Å². The highest BCUT2D eigenvalue weighted by atomic mass is 19.1. The summed E-state index contributed by atoms with van der Waals surface area (Å²) in [5, 5.41) is 0. The molecule has 0 saturated heterocycles. The van der Waals surface area contributed by atoms with Crippen LogP contribution >= 0.6 is 0 Å². The van der Waals surface area contributed by atoms with Crippen molar-refractivity contribution in [3.05, 3.63) is 119 Å². The normalized spacial score (nSPS) is 17.8. The van der Waals surface area contributed by atoms with Gasteiger partial charge in [-0.25, -0.2) is 9.37 Å². The molecule has 1 aliphatic heterocycles. The van der Waals surface area contributed by atoms with Crippen LogP contribution in [-0.2, 0) is 18.5 Å². The zero-order chi connectivity index (χ0) is 23.5. The van der Waals surface area contributed by atoms with Gasteiger partial charge in [-0.05, 0) is 72.4 Å². The van der Waals surface area contributed by atoms with E-state index >= 15 is 0 Å². The van der Waals surface area contributed by atoms with Crippen LogP contribution in [0, 0.1) is 5.82 Å². The largest absolute Gasteiger partial charge is 0.358 e. The van der Waals surface area contributed by atoms with E-state index in [1.54, 1.807) is 12.1 Å². The number of benzene rings is 3. The van der Waals surface area contributed by atoms with E-state index in [-0.39, 0.29) is 11.4 Å². The maximum Gasteiger partial charge on any atom is 0.123 e. The lowest BCUT2D eigenvalue weighted by Crippen LogP contribution is -2.49. The fourth-order valence-corrected chi connectivity index (χ4v) is 5.08. The zero-order valence-electron chi connectivity index (χ0n) is 19.8. The predicted octanol–water partition coefficient (Wildman–Crippen LogP) is 6.93. The van der Waals surface area contributed by atoms with Crippen LogP contribution in [-0.4, -0.2) is 16.1 Å². The Hall–Kier alpha value is -3.66. The number of imidazole rings is 1. The van der Waals surface area contributed by atoms with Gasteiger partial charge >= 0.3 is 0 Å². The predicted molar refractivity (Wildman–Crippen MR) is 138 cm³/mol. The highest BCUT2D eigenvalue weighted by Gasteiger charge is 2.40. The lowest BCUT2D eigenvalue weighted by atomic mass is 9.76. The molecule has 0 spiro atoms. The van der Waals surface area contributed by atoms with Crippen molar-refractivity contribution in [2.75, 3.05) is 11.4 Å². The summed E-state index contributed by atoms with van der Waals surface area (Å²) in [6.07, 6.45) is 10.2. The summed E-state index contributed by atoms with van der Waals surface area (Å²) in [4.78, 5) is 6.87. The van der Waals surface area contributed by atoms with Gasteiger partial charge in [0.15, 0.2) is 0 Å². The van der Waals surface area contributed by atoms with Crippen LogP contribution in [0.25, 0.3) is 12.2 Å². The molecule has 1 unspecified atom stereocenters. The number of hydrogen-bond donors (Lipinski definition) is 0. The van der Waals surface area contributed by atoms with Crippen LogP contribution in [0.2, 0.25) is 0 Å². The van der Waals surface area contributed by atoms with Crippen LogP contribution < -0.4 is 4.90 Å². The van der Waals surface area contributed by atoms with Gasteiger partial charge in [0.25, 0.3) is 0 Å². The monoisotopic (exact) mass is 451 g/mol. The minimum atomic E-state index is -0.353. The minimum absolute atomic E-state index is 0.210. The molecule has 2 heterocycles. The summed E-state index contributed by atoms with van der Waals surface area (Å²) in [7, 11) is 0. The molecule has 1 aliphatic rings. The van der Waals surface area contributed by atoms with E-state index in [0.717, 1.165) is 42.9 Å². The molecule has 1 aromatic heterocycles. The number of fused-ring (bicyclic) bond motifs is 1. The summed E-state index contributed by atoms with van der Waals surface area (Å²) < 4.78 is 15.8. The molecule has 4 heteroatoms. The van der Waals surface area contributed by atoms with Gasteiger partial charge in [-0.2, -0.15) is 0 Å². The first-order valence-electron chi connectivity index (χ1n) is 12.0. The fraction of sp³-hybridized carbons (Fsp3) is 0.233. The van der Waals surface area contributed by atoms with Gasteiger partial charge in [-0.1, -0.05) is 61.5 Å². The molecular formula is C30H30FN3. The Morgan fingerprint density at radius 2 is 1.74 bits per heavy atom. The fourth-order valence-electron chi connectivity index (χ4n) is 5.08. The molecule has 172 valence electrons. The third kappa shape index (κ3) is 4.16. The molecule has 5 rings (SSSR count). The van der Waals surface area contributed by atoms with Crippen molar-refractivity contribution in [3.63, 3.8) is 0 Å². The molecule has 0 fully saturated rings. The van der Waals surface area contributed by atoms with Crippen molar-refractivity contribution in [2.45, 2.75) is 38.8 Å². The molecular weight excluding hydrogens is 421 g/mol. The van der Waals surface area contributed by atoms with Gasteiger partial charge in [-0.3, -0.25) is 0 Å². The molecule has 0 bridgehead atoms. The second-order valence-electron chi connectivity index (χ2n) is 9.10. The SMILES string of the molecule is CCCn1cnc(/C=C/c2ccc(C3(C)c4ccccc4CCN3c3ccc(F)cc3)cc2)c1. The van der Waals surface area contributed by atoms with E-state index in [1.807, 2.05) is 18.5 Å². The van der Waals surface area contributed by atoms with Gasteiger partial charge in [-0.15, -0.1) is 0 Å². The Bertz CT molecular complexity index is 1290. The van der Waals surface area contributed by atoms with Crippen molar-refractivity contribution in [2.24, 2.45) is 0 Å². The Kier molecular flexibility index (Phi) is 6.06. The number of hydrogen-bond acceptors (Lipinski definition) is 2. The zero-order valence-corrected chi connectivity index (χ0v) is 19.8. The summed E-state index contributed by atoms with van der Waals surface area (Å²) in [5.41, 5.74) is 6.67. The maximum absolute atomic E-state index is 13.7. The quantitative estimate of drug-likeness (QED) is 0.317.